The van der Waals surface area contributed by atoms with E-state index in [0.29, 0.717) is 42.1 Å². The van der Waals surface area contributed by atoms with Gasteiger partial charge >= 0.3 is 5.97 Å². The van der Waals surface area contributed by atoms with Gasteiger partial charge in [-0.25, -0.2) is 4.79 Å². The fraction of sp³-hybridized carbons (Fsp3) is 0.720. The van der Waals surface area contributed by atoms with E-state index in [9.17, 15) is 14.4 Å². The zero-order valence-electron chi connectivity index (χ0n) is 20.7. The second-order valence-corrected chi connectivity index (χ2v) is 9.72. The van der Waals surface area contributed by atoms with Crippen LogP contribution in [0.2, 0.25) is 0 Å². The summed E-state index contributed by atoms with van der Waals surface area (Å²) in [5.74, 6) is -0.756. The predicted molar refractivity (Wildman–Crippen MR) is 127 cm³/mol. The van der Waals surface area contributed by atoms with Crippen LogP contribution < -0.4 is 5.32 Å². The molecule has 1 aromatic heterocycles. The summed E-state index contributed by atoms with van der Waals surface area (Å²) in [6.07, 6.45) is 6.42. The molecule has 8 nitrogen and oxygen atoms in total. The highest BCUT2D eigenvalue weighted by Crippen LogP contribution is 2.24. The summed E-state index contributed by atoms with van der Waals surface area (Å²) in [5, 5.41) is 3.09. The van der Waals surface area contributed by atoms with Crippen LogP contribution in [0, 0.1) is 19.8 Å². The molecule has 1 aromatic rings. The molecule has 0 spiro atoms. The van der Waals surface area contributed by atoms with Crippen LogP contribution in [0.1, 0.15) is 84.5 Å². The maximum atomic E-state index is 13.3. The van der Waals surface area contributed by atoms with Crippen molar-refractivity contribution in [1.29, 1.82) is 0 Å². The molecule has 1 unspecified atom stereocenters. The molecule has 0 aliphatic carbocycles. The van der Waals surface area contributed by atoms with Crippen LogP contribution in [0.5, 0.6) is 0 Å². The zero-order chi connectivity index (χ0) is 24.0. The van der Waals surface area contributed by atoms with Gasteiger partial charge in [-0.1, -0.05) is 12.8 Å². The normalized spacial score (nSPS) is 19.9. The Morgan fingerprint density at radius 2 is 1.76 bits per heavy atom. The number of aromatic nitrogens is 1. The van der Waals surface area contributed by atoms with E-state index in [2.05, 4.69) is 15.2 Å². The van der Waals surface area contributed by atoms with E-state index in [1.54, 1.807) is 32.6 Å². The monoisotopic (exact) mass is 460 g/mol. The number of likely N-dealkylation sites (tertiary alicyclic amines) is 2. The topological polar surface area (TPSA) is 94.7 Å². The highest BCUT2D eigenvalue weighted by Gasteiger charge is 2.32. The largest absolute Gasteiger partial charge is 0.459 e. The molecule has 1 atom stereocenters. The number of H-pyrrole nitrogens is 1. The number of nitrogens with one attached hydrogen (secondary N) is 2. The van der Waals surface area contributed by atoms with Gasteiger partial charge < -0.3 is 24.8 Å². The highest BCUT2D eigenvalue weighted by molar-refractivity contribution is 6.00. The summed E-state index contributed by atoms with van der Waals surface area (Å²) in [6.45, 7) is 11.9. The number of hydrogen-bond acceptors (Lipinski definition) is 5. The Bertz CT molecular complexity index is 840. The van der Waals surface area contributed by atoms with E-state index in [1.807, 2.05) is 0 Å². The Labute approximate surface area is 197 Å². The first-order valence-corrected chi connectivity index (χ1v) is 12.5. The summed E-state index contributed by atoms with van der Waals surface area (Å²) in [7, 11) is 0. The number of amides is 2. The average Bonchev–Trinajstić information content (AvgIpc) is 2.93. The number of esters is 1. The van der Waals surface area contributed by atoms with Gasteiger partial charge in [0.05, 0.1) is 17.6 Å². The van der Waals surface area contributed by atoms with Gasteiger partial charge in [-0.2, -0.15) is 0 Å². The van der Waals surface area contributed by atoms with E-state index in [4.69, 9.17) is 4.74 Å². The van der Waals surface area contributed by atoms with Crippen LogP contribution in [-0.4, -0.2) is 77.9 Å². The third-order valence-electron chi connectivity index (χ3n) is 6.70. The second-order valence-electron chi connectivity index (χ2n) is 9.72. The van der Waals surface area contributed by atoms with Crippen LogP contribution in [0.4, 0.5) is 0 Å². The minimum absolute atomic E-state index is 0.0305. The van der Waals surface area contributed by atoms with Gasteiger partial charge in [0.1, 0.15) is 5.69 Å². The lowest BCUT2D eigenvalue weighted by atomic mass is 9.96. The second kappa shape index (κ2) is 11.7. The van der Waals surface area contributed by atoms with E-state index < -0.39 is 5.97 Å². The SMILES string of the molecule is Cc1[nH]c(C(=O)N2CCCC(C(=O)NCCN3CCCCCC3)C2)c(C)c1C(=O)OC(C)C. The first-order valence-electron chi connectivity index (χ1n) is 12.5. The fourth-order valence-corrected chi connectivity index (χ4v) is 4.92. The Morgan fingerprint density at radius 1 is 1.06 bits per heavy atom. The number of nitrogens with zero attached hydrogens (tertiary/aromatic N) is 2. The highest BCUT2D eigenvalue weighted by atomic mass is 16.5. The minimum Gasteiger partial charge on any atom is -0.459 e. The first-order chi connectivity index (χ1) is 15.8. The van der Waals surface area contributed by atoms with Crippen molar-refractivity contribution < 1.29 is 19.1 Å². The molecule has 8 heteroatoms. The van der Waals surface area contributed by atoms with E-state index in [-0.39, 0.29) is 23.8 Å². The van der Waals surface area contributed by atoms with Crippen LogP contribution >= 0.6 is 0 Å². The molecule has 2 aliphatic heterocycles. The summed E-state index contributed by atoms with van der Waals surface area (Å²) in [5.41, 5.74) is 2.06. The number of aryl methyl sites for hydroxylation is 1. The first kappa shape index (κ1) is 25.3. The van der Waals surface area contributed by atoms with Crippen LogP contribution in [0.15, 0.2) is 0 Å². The van der Waals surface area contributed by atoms with Crippen molar-refractivity contribution in [2.45, 2.75) is 72.3 Å². The Kier molecular flexibility index (Phi) is 8.95. The third-order valence-corrected chi connectivity index (χ3v) is 6.70. The van der Waals surface area contributed by atoms with Crippen molar-refractivity contribution in [1.82, 2.24) is 20.1 Å². The lowest BCUT2D eigenvalue weighted by molar-refractivity contribution is -0.126. The van der Waals surface area contributed by atoms with Gasteiger partial charge in [0, 0.05) is 31.9 Å². The molecule has 2 N–H and O–H groups in total. The molecule has 184 valence electrons. The van der Waals surface area contributed by atoms with E-state index >= 15 is 0 Å². The number of hydrogen-bond donors (Lipinski definition) is 2. The number of rotatable bonds is 7. The zero-order valence-corrected chi connectivity index (χ0v) is 20.7. The van der Waals surface area contributed by atoms with E-state index in [0.717, 1.165) is 32.5 Å². The van der Waals surface area contributed by atoms with E-state index in [1.165, 1.54) is 25.7 Å². The lowest BCUT2D eigenvalue weighted by Gasteiger charge is -2.32. The Balaban J connectivity index is 1.56. The number of aromatic amines is 1. The molecule has 0 radical (unpaired) electrons. The Hall–Kier alpha value is -2.35. The van der Waals surface area contributed by atoms with Crippen LogP contribution in [0.3, 0.4) is 0 Å². The third kappa shape index (κ3) is 6.59. The van der Waals surface area contributed by atoms with Crippen molar-refractivity contribution in [3.8, 4) is 0 Å². The smallest absolute Gasteiger partial charge is 0.340 e. The molecule has 0 saturated carbocycles. The quantitative estimate of drug-likeness (QED) is 0.610. The summed E-state index contributed by atoms with van der Waals surface area (Å²) in [6, 6.07) is 0. The molecular weight excluding hydrogens is 420 g/mol. The number of piperidine rings is 1. The number of carbonyl (C=O) groups is 3. The molecule has 2 aliphatic rings. The fourth-order valence-electron chi connectivity index (χ4n) is 4.92. The molecule has 0 bridgehead atoms. The molecule has 2 fully saturated rings. The van der Waals surface area contributed by atoms with Crippen molar-refractivity contribution >= 4 is 17.8 Å². The van der Waals surface area contributed by atoms with Gasteiger partial charge in [-0.15, -0.1) is 0 Å². The number of carbonyl (C=O) groups excluding carboxylic acids is 3. The van der Waals surface area contributed by atoms with Gasteiger partial charge in [0.2, 0.25) is 5.91 Å². The Morgan fingerprint density at radius 3 is 2.42 bits per heavy atom. The number of ether oxygens (including phenoxy) is 1. The standard InChI is InChI=1S/C25H40N4O4/c1-17(2)33-25(32)21-18(3)22(27-19(21)4)24(31)29-14-9-10-20(16-29)23(30)26-11-15-28-12-7-5-6-8-13-28/h17,20,27H,5-16H2,1-4H3,(H,26,30). The van der Waals surface area contributed by atoms with Gasteiger partial charge in [-0.3, -0.25) is 9.59 Å². The van der Waals surface area contributed by atoms with Crippen LogP contribution in [-0.2, 0) is 9.53 Å². The van der Waals surface area contributed by atoms with Crippen LogP contribution in [0.25, 0.3) is 0 Å². The summed E-state index contributed by atoms with van der Waals surface area (Å²) in [4.78, 5) is 45.8. The molecule has 3 rings (SSSR count). The molecular formula is C25H40N4O4. The van der Waals surface area contributed by atoms with Gasteiger partial charge in [0.15, 0.2) is 0 Å². The molecule has 0 aromatic carbocycles. The maximum absolute atomic E-state index is 13.3. The van der Waals surface area contributed by atoms with Crippen molar-refractivity contribution in [3.05, 3.63) is 22.5 Å². The maximum Gasteiger partial charge on any atom is 0.340 e. The molecule has 2 saturated heterocycles. The molecule has 33 heavy (non-hydrogen) atoms. The predicted octanol–water partition coefficient (Wildman–Crippen LogP) is 3.04. The summed E-state index contributed by atoms with van der Waals surface area (Å²) >= 11 is 0. The van der Waals surface area contributed by atoms with Gasteiger partial charge in [0.25, 0.3) is 5.91 Å². The average molecular weight is 461 g/mol. The lowest BCUT2D eigenvalue weighted by Crippen LogP contribution is -2.46. The van der Waals surface area contributed by atoms with Gasteiger partial charge in [-0.05, 0) is 72.0 Å². The van der Waals surface area contributed by atoms with Crippen molar-refractivity contribution in [2.75, 3.05) is 39.3 Å². The molecule has 2 amide bonds. The van der Waals surface area contributed by atoms with Crippen molar-refractivity contribution in [3.63, 3.8) is 0 Å². The van der Waals surface area contributed by atoms with Crippen molar-refractivity contribution in [2.24, 2.45) is 5.92 Å². The summed E-state index contributed by atoms with van der Waals surface area (Å²) < 4.78 is 5.33. The molecule has 3 heterocycles. The minimum atomic E-state index is -0.421.